The number of hydrogen-bond acceptors (Lipinski definition) is 5. The molecule has 128 valence electrons. The summed E-state index contributed by atoms with van der Waals surface area (Å²) < 4.78 is 5.75. The van der Waals surface area contributed by atoms with Gasteiger partial charge in [0, 0.05) is 28.3 Å². The topological polar surface area (TPSA) is 55.4 Å². The molecule has 1 aliphatic heterocycles. The van der Waals surface area contributed by atoms with E-state index in [9.17, 15) is 9.59 Å². The van der Waals surface area contributed by atoms with Crippen molar-refractivity contribution in [3.63, 3.8) is 0 Å². The summed E-state index contributed by atoms with van der Waals surface area (Å²) in [7, 11) is 0. The zero-order chi connectivity index (χ0) is 17.4. The third kappa shape index (κ3) is 3.01. The number of esters is 1. The van der Waals surface area contributed by atoms with Crippen molar-refractivity contribution in [3.05, 3.63) is 42.8 Å². The molecule has 24 heavy (non-hydrogen) atoms. The average molecular weight is 386 g/mol. The molecule has 0 unspecified atom stereocenters. The smallest absolute Gasteiger partial charge is 0.336 e. The molecule has 4 nitrogen and oxygen atoms in total. The number of hydrogen-bond donors (Lipinski definition) is 1. The maximum atomic E-state index is 12.6. The molecule has 0 saturated carbocycles. The Hall–Kier alpha value is -1.30. The van der Waals surface area contributed by atoms with Crippen LogP contribution in [0.15, 0.2) is 28.6 Å². The van der Waals surface area contributed by atoms with Crippen LogP contribution >= 0.6 is 34.5 Å². The molecule has 0 radical (unpaired) electrons. The minimum absolute atomic E-state index is 0.0450. The Labute approximate surface area is 154 Å². The molecule has 0 aromatic carbocycles. The van der Waals surface area contributed by atoms with Gasteiger partial charge in [-0.2, -0.15) is 0 Å². The van der Waals surface area contributed by atoms with Crippen molar-refractivity contribution in [1.29, 1.82) is 0 Å². The van der Waals surface area contributed by atoms with E-state index in [0.29, 0.717) is 37.5 Å². The summed E-state index contributed by atoms with van der Waals surface area (Å²) >= 11 is 13.8. The summed E-state index contributed by atoms with van der Waals surface area (Å²) in [5.41, 5.74) is 2.64. The monoisotopic (exact) mass is 385 g/mol. The predicted molar refractivity (Wildman–Crippen MR) is 95.4 cm³/mol. The standard InChI is InChI=1S/C17H17Cl2NO3S/c1-3-23-17(22)13-8(2)20-10-5-4-6-11(21)14(10)15(13)16-9(18)7-12(19)24-16/h7,15,20H,3-6H2,1-2H3/t15-/m1/s1. The number of carbonyl (C=O) groups is 2. The van der Waals surface area contributed by atoms with Gasteiger partial charge in [0.25, 0.3) is 0 Å². The van der Waals surface area contributed by atoms with Crippen LogP contribution in [-0.4, -0.2) is 18.4 Å². The summed E-state index contributed by atoms with van der Waals surface area (Å²) in [6.07, 6.45) is 2.06. The van der Waals surface area contributed by atoms with Gasteiger partial charge in [0.15, 0.2) is 5.78 Å². The number of ketones is 1. The molecule has 1 atom stereocenters. The summed E-state index contributed by atoms with van der Waals surface area (Å²) in [5, 5.41) is 3.70. The van der Waals surface area contributed by atoms with Crippen LogP contribution in [-0.2, 0) is 14.3 Å². The Bertz CT molecular complexity index is 779. The number of ether oxygens (including phenoxy) is 1. The number of thiophene rings is 1. The van der Waals surface area contributed by atoms with Gasteiger partial charge in [0.1, 0.15) is 0 Å². The van der Waals surface area contributed by atoms with Gasteiger partial charge in [-0.15, -0.1) is 11.3 Å². The third-order valence-electron chi connectivity index (χ3n) is 4.22. The van der Waals surface area contributed by atoms with Crippen molar-refractivity contribution < 1.29 is 14.3 Å². The van der Waals surface area contributed by atoms with E-state index in [0.717, 1.165) is 18.5 Å². The van der Waals surface area contributed by atoms with Gasteiger partial charge in [-0.05, 0) is 32.8 Å². The van der Waals surface area contributed by atoms with E-state index in [1.54, 1.807) is 13.0 Å². The SMILES string of the molecule is CCOC(=O)C1=C(C)NC2=C(C(=O)CCC2)[C@@H]1c1sc(Cl)cc1Cl. The molecule has 2 aliphatic rings. The largest absolute Gasteiger partial charge is 0.463 e. The van der Waals surface area contributed by atoms with Crippen molar-refractivity contribution in [1.82, 2.24) is 5.32 Å². The van der Waals surface area contributed by atoms with Crippen molar-refractivity contribution in [2.75, 3.05) is 6.61 Å². The van der Waals surface area contributed by atoms with Crippen molar-refractivity contribution in [3.8, 4) is 0 Å². The van der Waals surface area contributed by atoms with Crippen LogP contribution < -0.4 is 5.32 Å². The van der Waals surface area contributed by atoms with Gasteiger partial charge in [-0.3, -0.25) is 4.79 Å². The van der Waals surface area contributed by atoms with Gasteiger partial charge < -0.3 is 10.1 Å². The van der Waals surface area contributed by atoms with Crippen LogP contribution in [0.5, 0.6) is 0 Å². The Morgan fingerprint density at radius 1 is 1.42 bits per heavy atom. The fourth-order valence-corrected chi connectivity index (χ4v) is 4.99. The summed E-state index contributed by atoms with van der Waals surface area (Å²) in [4.78, 5) is 25.9. The highest BCUT2D eigenvalue weighted by Crippen LogP contribution is 2.48. The maximum absolute atomic E-state index is 12.6. The van der Waals surface area contributed by atoms with Gasteiger partial charge in [0.2, 0.25) is 0 Å². The Morgan fingerprint density at radius 2 is 2.17 bits per heavy atom. The molecule has 7 heteroatoms. The molecule has 0 spiro atoms. The van der Waals surface area contributed by atoms with Crippen LogP contribution in [0, 0.1) is 0 Å². The van der Waals surface area contributed by atoms with Gasteiger partial charge >= 0.3 is 5.97 Å². The van der Waals surface area contributed by atoms with E-state index < -0.39 is 11.9 Å². The second-order valence-corrected chi connectivity index (χ2v) is 7.87. The number of nitrogens with one attached hydrogen (secondary N) is 1. The quantitative estimate of drug-likeness (QED) is 0.773. The van der Waals surface area contributed by atoms with E-state index >= 15 is 0 Å². The third-order valence-corrected chi connectivity index (χ3v) is 5.97. The second kappa shape index (κ2) is 6.90. The van der Waals surface area contributed by atoms with E-state index in [1.165, 1.54) is 11.3 Å². The van der Waals surface area contributed by atoms with E-state index in [-0.39, 0.29) is 12.4 Å². The highest BCUT2D eigenvalue weighted by Gasteiger charge is 2.40. The summed E-state index contributed by atoms with van der Waals surface area (Å²) in [6.45, 7) is 3.84. The lowest BCUT2D eigenvalue weighted by Crippen LogP contribution is -2.34. The van der Waals surface area contributed by atoms with E-state index in [4.69, 9.17) is 27.9 Å². The lowest BCUT2D eigenvalue weighted by atomic mass is 9.78. The molecule has 1 N–H and O–H groups in total. The first kappa shape index (κ1) is 17.5. The Morgan fingerprint density at radius 3 is 2.79 bits per heavy atom. The molecule has 0 amide bonds. The first-order chi connectivity index (χ1) is 11.4. The Balaban J connectivity index is 2.19. The molecule has 0 fully saturated rings. The Kier molecular flexibility index (Phi) is 5.04. The number of Topliss-reactive ketones (excluding diaryl/α,β-unsaturated/α-hetero) is 1. The number of rotatable bonds is 3. The highest BCUT2D eigenvalue weighted by atomic mass is 35.5. The molecule has 1 aromatic heterocycles. The van der Waals surface area contributed by atoms with Crippen molar-refractivity contribution >= 4 is 46.3 Å². The number of carbonyl (C=O) groups excluding carboxylic acids is 2. The first-order valence-electron chi connectivity index (χ1n) is 7.79. The summed E-state index contributed by atoms with van der Waals surface area (Å²) in [5.74, 6) is -0.903. The number of allylic oxidation sites excluding steroid dienone is 3. The van der Waals surface area contributed by atoms with Gasteiger partial charge in [0.05, 0.1) is 27.5 Å². The van der Waals surface area contributed by atoms with Crippen molar-refractivity contribution in [2.24, 2.45) is 0 Å². The normalized spacial score (nSPS) is 20.8. The molecule has 3 rings (SSSR count). The van der Waals surface area contributed by atoms with Crippen LogP contribution in [0.2, 0.25) is 9.36 Å². The van der Waals surface area contributed by atoms with Crippen LogP contribution in [0.3, 0.4) is 0 Å². The maximum Gasteiger partial charge on any atom is 0.336 e. The first-order valence-corrected chi connectivity index (χ1v) is 9.37. The fraction of sp³-hybridized carbons (Fsp3) is 0.412. The molecular formula is C17H17Cl2NO3S. The molecular weight excluding hydrogens is 369 g/mol. The fourth-order valence-electron chi connectivity index (χ4n) is 3.28. The number of halogens is 2. The zero-order valence-electron chi connectivity index (χ0n) is 13.4. The summed E-state index contributed by atoms with van der Waals surface area (Å²) in [6, 6.07) is 1.65. The predicted octanol–water partition coefficient (Wildman–Crippen LogP) is 4.59. The second-order valence-electron chi connectivity index (χ2n) is 5.75. The van der Waals surface area contributed by atoms with Gasteiger partial charge in [-0.1, -0.05) is 23.2 Å². The minimum Gasteiger partial charge on any atom is -0.463 e. The van der Waals surface area contributed by atoms with Crippen LogP contribution in [0.4, 0.5) is 0 Å². The van der Waals surface area contributed by atoms with Crippen LogP contribution in [0.25, 0.3) is 0 Å². The molecule has 2 heterocycles. The zero-order valence-corrected chi connectivity index (χ0v) is 15.7. The van der Waals surface area contributed by atoms with Crippen molar-refractivity contribution in [2.45, 2.75) is 39.0 Å². The minimum atomic E-state index is -0.516. The molecule has 1 aromatic rings. The lowest BCUT2D eigenvalue weighted by Gasteiger charge is -2.33. The molecule has 1 aliphatic carbocycles. The lowest BCUT2D eigenvalue weighted by molar-refractivity contribution is -0.138. The van der Waals surface area contributed by atoms with Crippen LogP contribution in [0.1, 0.15) is 43.9 Å². The molecule has 0 saturated heterocycles. The average Bonchev–Trinajstić information content (AvgIpc) is 2.84. The van der Waals surface area contributed by atoms with E-state index in [1.807, 2.05) is 6.92 Å². The molecule has 0 bridgehead atoms. The van der Waals surface area contributed by atoms with Gasteiger partial charge in [-0.25, -0.2) is 4.79 Å². The van der Waals surface area contributed by atoms with E-state index in [2.05, 4.69) is 5.32 Å². The highest BCUT2D eigenvalue weighted by molar-refractivity contribution is 7.17. The number of dihydropyridines is 1.